The highest BCUT2D eigenvalue weighted by molar-refractivity contribution is 5.66. The summed E-state index contributed by atoms with van der Waals surface area (Å²) in [6, 6.07) is 0.710. The van der Waals surface area contributed by atoms with E-state index in [0.717, 1.165) is 19.3 Å². The number of nitrogens with zero attached hydrogens (tertiary/aromatic N) is 1. The first kappa shape index (κ1) is 31.9. The number of hydrogen-bond donors (Lipinski definition) is 1. The second kappa shape index (κ2) is 25.5. The van der Waals surface area contributed by atoms with E-state index in [4.69, 9.17) is 5.11 Å². The van der Waals surface area contributed by atoms with Crippen LogP contribution in [0, 0.1) is 0 Å². The third-order valence-electron chi connectivity index (χ3n) is 6.65. The first-order valence-electron chi connectivity index (χ1n) is 14.3. The molecule has 0 aromatic rings. The molecule has 0 bridgehead atoms. The molecule has 0 aromatic carbocycles. The zero-order valence-corrected chi connectivity index (χ0v) is 22.5. The van der Waals surface area contributed by atoms with Crippen molar-refractivity contribution >= 4 is 5.97 Å². The second-order valence-electron chi connectivity index (χ2n) is 10.0. The van der Waals surface area contributed by atoms with Crippen LogP contribution in [0.4, 0.5) is 0 Å². The molecule has 0 amide bonds. The van der Waals surface area contributed by atoms with Crippen molar-refractivity contribution in [2.24, 2.45) is 0 Å². The molecule has 0 rings (SSSR count). The summed E-state index contributed by atoms with van der Waals surface area (Å²) in [5.74, 6) is -0.660. The van der Waals surface area contributed by atoms with Crippen LogP contribution in [0.3, 0.4) is 0 Å². The van der Waals surface area contributed by atoms with Crippen LogP contribution in [0.15, 0.2) is 24.3 Å². The first-order valence-corrected chi connectivity index (χ1v) is 14.3. The van der Waals surface area contributed by atoms with Crippen molar-refractivity contribution in [3.63, 3.8) is 0 Å². The molecular formula is C30H57NO2. The first-order chi connectivity index (χ1) is 16.1. The summed E-state index contributed by atoms with van der Waals surface area (Å²) in [5.41, 5.74) is 0. The van der Waals surface area contributed by atoms with E-state index in [1.807, 2.05) is 0 Å². The van der Waals surface area contributed by atoms with Gasteiger partial charge >= 0.3 is 5.97 Å². The number of carboxylic acids is 1. The van der Waals surface area contributed by atoms with Gasteiger partial charge < -0.3 is 10.0 Å². The second-order valence-corrected chi connectivity index (χ2v) is 10.0. The zero-order chi connectivity index (χ0) is 24.4. The SMILES string of the molecule is CCCCCC=CCC=CCCCCCCCCCC(CCCCCCCC(=O)O)N(C)C. The van der Waals surface area contributed by atoms with Gasteiger partial charge in [0.25, 0.3) is 0 Å². The average Bonchev–Trinajstić information content (AvgIpc) is 2.78. The number of rotatable bonds is 25. The van der Waals surface area contributed by atoms with Crippen molar-refractivity contribution in [1.82, 2.24) is 4.90 Å². The molecule has 3 heteroatoms. The minimum Gasteiger partial charge on any atom is -0.481 e. The summed E-state index contributed by atoms with van der Waals surface area (Å²) in [5, 5.41) is 8.68. The van der Waals surface area contributed by atoms with Gasteiger partial charge in [-0.2, -0.15) is 0 Å². The third kappa shape index (κ3) is 25.4. The van der Waals surface area contributed by atoms with Crippen LogP contribution >= 0.6 is 0 Å². The molecule has 0 saturated carbocycles. The Morgan fingerprint density at radius 2 is 1.12 bits per heavy atom. The lowest BCUT2D eigenvalue weighted by atomic mass is 9.99. The number of aliphatic carboxylic acids is 1. The molecule has 1 N–H and O–H groups in total. The molecule has 1 atom stereocenters. The summed E-state index contributed by atoms with van der Waals surface area (Å²) in [4.78, 5) is 12.9. The van der Waals surface area contributed by atoms with Crippen LogP contribution in [0.1, 0.15) is 142 Å². The van der Waals surface area contributed by atoms with Gasteiger partial charge in [-0.05, 0) is 65.5 Å². The van der Waals surface area contributed by atoms with Gasteiger partial charge in [0.05, 0.1) is 0 Å². The van der Waals surface area contributed by atoms with Crippen molar-refractivity contribution in [2.75, 3.05) is 14.1 Å². The van der Waals surface area contributed by atoms with E-state index in [9.17, 15) is 4.79 Å². The van der Waals surface area contributed by atoms with Crippen LogP contribution in [0.5, 0.6) is 0 Å². The highest BCUT2D eigenvalue weighted by Crippen LogP contribution is 2.17. The maximum absolute atomic E-state index is 10.5. The lowest BCUT2D eigenvalue weighted by Crippen LogP contribution is -2.27. The van der Waals surface area contributed by atoms with Gasteiger partial charge in [0.2, 0.25) is 0 Å². The van der Waals surface area contributed by atoms with E-state index in [-0.39, 0.29) is 0 Å². The van der Waals surface area contributed by atoms with Crippen LogP contribution in [-0.2, 0) is 4.79 Å². The molecule has 0 heterocycles. The minimum atomic E-state index is -0.660. The van der Waals surface area contributed by atoms with E-state index in [1.165, 1.54) is 109 Å². The Bertz CT molecular complexity index is 470. The predicted octanol–water partition coefficient (Wildman–Crippen LogP) is 9.33. The Kier molecular flexibility index (Phi) is 24.7. The molecule has 194 valence electrons. The summed E-state index contributed by atoms with van der Waals surface area (Å²) in [7, 11) is 4.44. The Morgan fingerprint density at radius 3 is 1.61 bits per heavy atom. The Hall–Kier alpha value is -1.09. The molecule has 0 aliphatic heterocycles. The molecule has 0 saturated heterocycles. The molecule has 0 spiro atoms. The fourth-order valence-electron chi connectivity index (χ4n) is 4.39. The quantitative estimate of drug-likeness (QED) is 0.108. The number of carbonyl (C=O) groups is 1. The maximum Gasteiger partial charge on any atom is 0.303 e. The monoisotopic (exact) mass is 463 g/mol. The summed E-state index contributed by atoms with van der Waals surface area (Å²) < 4.78 is 0. The van der Waals surface area contributed by atoms with Crippen molar-refractivity contribution in [3.8, 4) is 0 Å². The molecule has 0 radical (unpaired) electrons. The van der Waals surface area contributed by atoms with Gasteiger partial charge in [-0.15, -0.1) is 0 Å². The van der Waals surface area contributed by atoms with Gasteiger partial charge in [0.1, 0.15) is 0 Å². The largest absolute Gasteiger partial charge is 0.481 e. The lowest BCUT2D eigenvalue weighted by Gasteiger charge is -2.24. The Balaban J connectivity index is 3.49. The molecule has 0 aliphatic carbocycles. The summed E-state index contributed by atoms with van der Waals surface area (Å²) in [6.07, 6.45) is 35.1. The van der Waals surface area contributed by atoms with Crippen LogP contribution in [-0.4, -0.2) is 36.1 Å². The van der Waals surface area contributed by atoms with Crippen LogP contribution in [0.25, 0.3) is 0 Å². The van der Waals surface area contributed by atoms with Gasteiger partial charge in [-0.1, -0.05) is 108 Å². The minimum absolute atomic E-state index is 0.328. The number of hydrogen-bond acceptors (Lipinski definition) is 2. The topological polar surface area (TPSA) is 40.5 Å². The lowest BCUT2D eigenvalue weighted by molar-refractivity contribution is -0.137. The number of carboxylic acid groups (broad SMARTS) is 1. The smallest absolute Gasteiger partial charge is 0.303 e. The molecular weight excluding hydrogens is 406 g/mol. The molecule has 3 nitrogen and oxygen atoms in total. The highest BCUT2D eigenvalue weighted by Gasteiger charge is 2.10. The molecule has 0 aliphatic rings. The van der Waals surface area contributed by atoms with Gasteiger partial charge in [0, 0.05) is 12.5 Å². The van der Waals surface area contributed by atoms with Crippen LogP contribution < -0.4 is 0 Å². The fraction of sp³-hybridized carbons (Fsp3) is 0.833. The number of allylic oxidation sites excluding steroid dienone is 4. The highest BCUT2D eigenvalue weighted by atomic mass is 16.4. The molecule has 0 fully saturated rings. The van der Waals surface area contributed by atoms with Gasteiger partial charge in [-0.25, -0.2) is 0 Å². The zero-order valence-electron chi connectivity index (χ0n) is 22.5. The Labute approximate surface area is 207 Å². The van der Waals surface area contributed by atoms with Crippen molar-refractivity contribution in [2.45, 2.75) is 148 Å². The third-order valence-corrected chi connectivity index (χ3v) is 6.65. The van der Waals surface area contributed by atoms with Crippen LogP contribution in [0.2, 0.25) is 0 Å². The van der Waals surface area contributed by atoms with E-state index in [1.54, 1.807) is 0 Å². The van der Waals surface area contributed by atoms with E-state index < -0.39 is 5.97 Å². The molecule has 0 aromatic heterocycles. The predicted molar refractivity (Wildman–Crippen MR) is 146 cm³/mol. The number of unbranched alkanes of at least 4 members (excludes halogenated alkanes) is 14. The maximum atomic E-state index is 10.5. The fourth-order valence-corrected chi connectivity index (χ4v) is 4.39. The summed E-state index contributed by atoms with van der Waals surface area (Å²) in [6.45, 7) is 2.26. The van der Waals surface area contributed by atoms with E-state index in [0.29, 0.717) is 12.5 Å². The standard InChI is InChI=1S/C30H57NO2/c1-4-5-6-7-8-9-10-11-12-13-14-15-16-17-18-20-23-26-29(31(2)3)27-24-21-19-22-25-28-30(32)33/h8-9,11-12,29H,4-7,10,13-28H2,1-3H3,(H,32,33). The Morgan fingerprint density at radius 1 is 0.667 bits per heavy atom. The van der Waals surface area contributed by atoms with Crippen molar-refractivity contribution in [1.29, 1.82) is 0 Å². The van der Waals surface area contributed by atoms with Gasteiger partial charge in [0.15, 0.2) is 0 Å². The van der Waals surface area contributed by atoms with Crippen molar-refractivity contribution < 1.29 is 9.90 Å². The van der Waals surface area contributed by atoms with E-state index in [2.05, 4.69) is 50.2 Å². The van der Waals surface area contributed by atoms with Crippen molar-refractivity contribution in [3.05, 3.63) is 24.3 Å². The molecule has 33 heavy (non-hydrogen) atoms. The average molecular weight is 464 g/mol. The van der Waals surface area contributed by atoms with Gasteiger partial charge in [-0.3, -0.25) is 4.79 Å². The van der Waals surface area contributed by atoms with E-state index >= 15 is 0 Å². The molecule has 1 unspecified atom stereocenters. The summed E-state index contributed by atoms with van der Waals surface area (Å²) >= 11 is 0. The normalized spacial score (nSPS) is 13.0.